The molecular formula is C26H37N5O6S. The van der Waals surface area contributed by atoms with E-state index in [9.17, 15) is 23.1 Å². The largest absolute Gasteiger partial charge is 0.445 e. The molecule has 2 amide bonds. The number of benzene rings is 2. The highest BCUT2D eigenvalue weighted by atomic mass is 32.2. The summed E-state index contributed by atoms with van der Waals surface area (Å²) in [5.74, 6) is -0.550. The van der Waals surface area contributed by atoms with Gasteiger partial charge < -0.3 is 31.9 Å². The number of nitrogen functional groups attached to an aromatic ring is 1. The molecule has 0 radical (unpaired) electrons. The van der Waals surface area contributed by atoms with Gasteiger partial charge in [-0.1, -0.05) is 44.2 Å². The van der Waals surface area contributed by atoms with Crippen LogP contribution in [0.2, 0.25) is 0 Å². The minimum atomic E-state index is -3.95. The van der Waals surface area contributed by atoms with Crippen molar-refractivity contribution < 1.29 is 27.9 Å². The van der Waals surface area contributed by atoms with Crippen LogP contribution in [0.25, 0.3) is 0 Å². The predicted octanol–water partition coefficient (Wildman–Crippen LogP) is 0.830. The van der Waals surface area contributed by atoms with Gasteiger partial charge in [-0.3, -0.25) is 4.79 Å². The number of nitrogens with one attached hydrogen (secondary N) is 2. The van der Waals surface area contributed by atoms with Gasteiger partial charge in [-0.05, 0) is 42.2 Å². The van der Waals surface area contributed by atoms with E-state index in [4.69, 9.17) is 16.2 Å². The Hall–Kier alpha value is -3.19. The second-order valence-corrected chi connectivity index (χ2v) is 11.9. The van der Waals surface area contributed by atoms with Gasteiger partial charge in [-0.2, -0.15) is 4.31 Å². The molecule has 1 saturated heterocycles. The molecule has 1 fully saturated rings. The van der Waals surface area contributed by atoms with Gasteiger partial charge in [-0.25, -0.2) is 13.2 Å². The van der Waals surface area contributed by atoms with Crippen molar-refractivity contribution in [3.8, 4) is 0 Å². The molecule has 4 atom stereocenters. The third kappa shape index (κ3) is 8.15. The number of nitrogens with two attached hydrogens (primary N) is 2. The van der Waals surface area contributed by atoms with Crippen LogP contribution >= 0.6 is 0 Å². The number of hydrogen-bond acceptors (Lipinski definition) is 8. The fourth-order valence-electron chi connectivity index (χ4n) is 4.30. The summed E-state index contributed by atoms with van der Waals surface area (Å²) in [7, 11) is -3.95. The first-order valence-corrected chi connectivity index (χ1v) is 14.0. The molecule has 1 aliphatic heterocycles. The summed E-state index contributed by atoms with van der Waals surface area (Å²) in [6, 6.07) is 13.6. The molecule has 1 aliphatic rings. The molecule has 0 aromatic heterocycles. The van der Waals surface area contributed by atoms with E-state index in [1.165, 1.54) is 28.6 Å². The molecule has 12 heteroatoms. The van der Waals surface area contributed by atoms with E-state index in [-0.39, 0.29) is 43.3 Å². The van der Waals surface area contributed by atoms with Crippen molar-refractivity contribution in [1.82, 2.24) is 14.9 Å². The Labute approximate surface area is 223 Å². The van der Waals surface area contributed by atoms with Gasteiger partial charge in [-0.15, -0.1) is 0 Å². The van der Waals surface area contributed by atoms with Crippen molar-refractivity contribution in [2.45, 2.75) is 55.9 Å². The number of nitrogens with zero attached hydrogens (tertiary/aromatic N) is 1. The third-order valence-corrected chi connectivity index (χ3v) is 8.10. The average Bonchev–Trinajstić information content (AvgIpc) is 3.32. The number of aliphatic hydroxyl groups excluding tert-OH is 1. The van der Waals surface area contributed by atoms with Crippen molar-refractivity contribution in [2.24, 2.45) is 11.7 Å². The Bertz CT molecular complexity index is 1180. The Morgan fingerprint density at radius 1 is 1.13 bits per heavy atom. The van der Waals surface area contributed by atoms with Crippen LogP contribution in [-0.2, 0) is 26.0 Å². The number of ether oxygens (including phenoxy) is 1. The van der Waals surface area contributed by atoms with E-state index in [0.29, 0.717) is 5.69 Å². The molecule has 208 valence electrons. The van der Waals surface area contributed by atoms with Crippen LogP contribution in [-0.4, -0.2) is 73.8 Å². The minimum absolute atomic E-state index is 0.0238. The summed E-state index contributed by atoms with van der Waals surface area (Å²) in [6.07, 6.45) is -2.12. The Morgan fingerprint density at radius 3 is 2.37 bits per heavy atom. The van der Waals surface area contributed by atoms with Gasteiger partial charge in [0.05, 0.1) is 23.1 Å². The maximum atomic E-state index is 13.5. The molecule has 7 N–H and O–H groups in total. The van der Waals surface area contributed by atoms with E-state index >= 15 is 0 Å². The van der Waals surface area contributed by atoms with E-state index in [2.05, 4.69) is 10.6 Å². The number of amides is 2. The van der Waals surface area contributed by atoms with Crippen molar-refractivity contribution >= 4 is 27.7 Å². The Kier molecular flexibility index (Phi) is 10.1. The van der Waals surface area contributed by atoms with Crippen LogP contribution < -0.4 is 22.1 Å². The molecule has 11 nitrogen and oxygen atoms in total. The van der Waals surface area contributed by atoms with E-state index in [1.54, 1.807) is 0 Å². The Morgan fingerprint density at radius 2 is 1.79 bits per heavy atom. The number of hydrogen-bond donors (Lipinski definition) is 5. The number of anilines is 1. The van der Waals surface area contributed by atoms with Crippen molar-refractivity contribution in [1.29, 1.82) is 0 Å². The maximum Gasteiger partial charge on any atom is 0.407 e. The third-order valence-electron chi connectivity index (χ3n) is 6.25. The zero-order valence-electron chi connectivity index (χ0n) is 21.6. The van der Waals surface area contributed by atoms with Gasteiger partial charge in [0.1, 0.15) is 6.10 Å². The van der Waals surface area contributed by atoms with Crippen molar-refractivity contribution in [2.75, 3.05) is 25.4 Å². The van der Waals surface area contributed by atoms with Crippen LogP contribution in [0, 0.1) is 5.92 Å². The van der Waals surface area contributed by atoms with Gasteiger partial charge in [0.15, 0.2) is 0 Å². The SMILES string of the molecule is CC(C)CN(C[C@H](O)[C@H](Cc1ccccc1)NC(=O)O[C@H]1CN[C@H](C(N)=O)C1)S(=O)(=O)c1ccc(N)cc1. The fourth-order valence-corrected chi connectivity index (χ4v) is 5.92. The lowest BCUT2D eigenvalue weighted by molar-refractivity contribution is -0.119. The number of primary amides is 1. The van der Waals surface area contributed by atoms with Crippen LogP contribution in [0.15, 0.2) is 59.5 Å². The first-order chi connectivity index (χ1) is 18.0. The number of alkyl carbamates (subject to hydrolysis) is 1. The summed E-state index contributed by atoms with van der Waals surface area (Å²) in [5, 5.41) is 16.9. The molecule has 2 aromatic rings. The fraction of sp³-hybridized carbons (Fsp3) is 0.462. The topological polar surface area (TPSA) is 177 Å². The highest BCUT2D eigenvalue weighted by Gasteiger charge is 2.34. The predicted molar refractivity (Wildman–Crippen MR) is 143 cm³/mol. The molecule has 3 rings (SSSR count). The van der Waals surface area contributed by atoms with Gasteiger partial charge in [0.2, 0.25) is 15.9 Å². The number of sulfonamides is 1. The Balaban J connectivity index is 1.78. The summed E-state index contributed by atoms with van der Waals surface area (Å²) in [4.78, 5) is 24.2. The highest BCUT2D eigenvalue weighted by molar-refractivity contribution is 7.89. The molecular weight excluding hydrogens is 510 g/mol. The van der Waals surface area contributed by atoms with E-state index in [1.807, 2.05) is 44.2 Å². The van der Waals surface area contributed by atoms with Crippen LogP contribution in [0.5, 0.6) is 0 Å². The second kappa shape index (κ2) is 13.1. The minimum Gasteiger partial charge on any atom is -0.445 e. The molecule has 0 saturated carbocycles. The van der Waals surface area contributed by atoms with Crippen molar-refractivity contribution in [3.05, 3.63) is 60.2 Å². The van der Waals surface area contributed by atoms with Crippen molar-refractivity contribution in [3.63, 3.8) is 0 Å². The van der Waals surface area contributed by atoms with Gasteiger partial charge >= 0.3 is 6.09 Å². The summed E-state index contributed by atoms with van der Waals surface area (Å²) >= 11 is 0. The zero-order chi connectivity index (χ0) is 27.9. The first-order valence-electron chi connectivity index (χ1n) is 12.5. The first kappa shape index (κ1) is 29.4. The number of aliphatic hydroxyl groups is 1. The number of carbonyl (C=O) groups is 2. The van der Waals surface area contributed by atoms with Gasteiger partial charge in [0, 0.05) is 31.7 Å². The van der Waals surface area contributed by atoms with Crippen LogP contribution in [0.3, 0.4) is 0 Å². The average molecular weight is 548 g/mol. The zero-order valence-corrected chi connectivity index (χ0v) is 22.4. The molecule has 0 unspecified atom stereocenters. The van der Waals surface area contributed by atoms with E-state index in [0.717, 1.165) is 5.56 Å². The van der Waals surface area contributed by atoms with Gasteiger partial charge in [0.25, 0.3) is 0 Å². The molecule has 0 spiro atoms. The quantitative estimate of drug-likeness (QED) is 0.243. The summed E-state index contributed by atoms with van der Waals surface area (Å²) in [6.45, 7) is 3.94. The molecule has 38 heavy (non-hydrogen) atoms. The summed E-state index contributed by atoms with van der Waals surface area (Å²) in [5.41, 5.74) is 12.3. The lowest BCUT2D eigenvalue weighted by Crippen LogP contribution is -2.51. The second-order valence-electron chi connectivity index (χ2n) is 9.92. The lowest BCUT2D eigenvalue weighted by Gasteiger charge is -2.30. The monoisotopic (exact) mass is 547 g/mol. The normalized spacial score (nSPS) is 19.3. The van der Waals surface area contributed by atoms with Crippen LogP contribution in [0.4, 0.5) is 10.5 Å². The van der Waals surface area contributed by atoms with E-state index < -0.39 is 46.3 Å². The molecule has 1 heterocycles. The highest BCUT2D eigenvalue weighted by Crippen LogP contribution is 2.20. The number of rotatable bonds is 12. The molecule has 0 aliphatic carbocycles. The standard InChI is InChI=1S/C26H37N5O6S/c1-17(2)15-31(38(35,36)21-10-8-19(27)9-11-21)16-24(32)22(12-18-6-4-3-5-7-18)30-26(34)37-20-13-23(25(28)33)29-14-20/h3-11,17,20,22-24,29,32H,12-16,27H2,1-2H3,(H2,28,33)(H,30,34)/t20-,22+,23+,24+/m1/s1. The summed E-state index contributed by atoms with van der Waals surface area (Å²) < 4.78 is 33.6. The molecule has 0 bridgehead atoms. The molecule has 2 aromatic carbocycles. The smallest absolute Gasteiger partial charge is 0.407 e. The number of carbonyl (C=O) groups excluding carboxylic acids is 2. The van der Waals surface area contributed by atoms with Crippen LogP contribution in [0.1, 0.15) is 25.8 Å². The lowest BCUT2D eigenvalue weighted by atomic mass is 10.0. The maximum absolute atomic E-state index is 13.5.